The van der Waals surface area contributed by atoms with Gasteiger partial charge in [-0.3, -0.25) is 9.79 Å². The highest BCUT2D eigenvalue weighted by Crippen LogP contribution is 2.43. The molecule has 11 heteroatoms. The molecule has 2 atom stereocenters. The lowest BCUT2D eigenvalue weighted by molar-refractivity contribution is -0.139. The van der Waals surface area contributed by atoms with Gasteiger partial charge in [-0.15, -0.1) is 0 Å². The number of carbonyl (C=O) groups excluding carboxylic acids is 2. The summed E-state index contributed by atoms with van der Waals surface area (Å²) in [5, 5.41) is 12.2. The lowest BCUT2D eigenvalue weighted by atomic mass is 9.74. The van der Waals surface area contributed by atoms with E-state index in [0.29, 0.717) is 28.5 Å². The van der Waals surface area contributed by atoms with Crippen molar-refractivity contribution in [1.82, 2.24) is 0 Å². The second kappa shape index (κ2) is 11.1. The minimum absolute atomic E-state index is 0.0319. The largest absolute Gasteiger partial charge is 0.461 e. The van der Waals surface area contributed by atoms with E-state index in [1.165, 1.54) is 6.92 Å². The zero-order chi connectivity index (χ0) is 23.8. The van der Waals surface area contributed by atoms with Gasteiger partial charge in [0, 0.05) is 23.1 Å². The number of carbonyl (C=O) groups is 2. The van der Waals surface area contributed by atoms with Gasteiger partial charge >= 0.3 is 5.97 Å². The minimum Gasteiger partial charge on any atom is -0.461 e. The lowest BCUT2D eigenvalue weighted by Crippen LogP contribution is -2.35. The highest BCUT2D eigenvalue weighted by molar-refractivity contribution is 6.08. The van der Waals surface area contributed by atoms with Crippen molar-refractivity contribution in [2.75, 3.05) is 33.2 Å². The van der Waals surface area contributed by atoms with E-state index in [-0.39, 0.29) is 50.9 Å². The number of azide groups is 1. The van der Waals surface area contributed by atoms with Gasteiger partial charge in [0.05, 0.1) is 42.9 Å². The maximum atomic E-state index is 13.2. The molecule has 0 saturated carbocycles. The first-order valence-corrected chi connectivity index (χ1v) is 10.3. The number of benzene rings is 1. The predicted octanol–water partition coefficient (Wildman–Crippen LogP) is 3.22. The summed E-state index contributed by atoms with van der Waals surface area (Å²) in [6.07, 6.45) is 0.0319. The third-order valence-corrected chi connectivity index (χ3v) is 5.21. The van der Waals surface area contributed by atoms with Crippen molar-refractivity contribution in [1.29, 1.82) is 5.26 Å². The summed E-state index contributed by atoms with van der Waals surface area (Å²) in [5.74, 6) is -1.15. The number of ether oxygens (including phenoxy) is 4. The number of hydrogen-bond donors (Lipinski definition) is 0. The molecule has 0 saturated heterocycles. The summed E-state index contributed by atoms with van der Waals surface area (Å²) in [4.78, 5) is 33.0. The molecule has 0 spiro atoms. The van der Waals surface area contributed by atoms with E-state index in [2.05, 4.69) is 15.0 Å². The monoisotopic (exact) mass is 453 g/mol. The molecule has 0 aliphatic carbocycles. The van der Waals surface area contributed by atoms with Gasteiger partial charge in [0.25, 0.3) is 0 Å². The Labute approximate surface area is 190 Å². The SMILES string of the molecule is CC(=O)C1C(C)=NC(COCCN=[N+]=[N-])=C(C(=O)OCCC#N)C1c1ccc2c(c1)OCO2. The molecule has 11 nitrogen and oxygen atoms in total. The molecule has 0 amide bonds. The number of fused-ring (bicyclic) bond motifs is 1. The van der Waals surface area contributed by atoms with E-state index in [0.717, 1.165) is 0 Å². The topological polar surface area (TPSA) is 156 Å². The first kappa shape index (κ1) is 23.8. The van der Waals surface area contributed by atoms with Crippen molar-refractivity contribution < 1.29 is 28.5 Å². The molecule has 3 rings (SSSR count). The highest BCUT2D eigenvalue weighted by Gasteiger charge is 2.41. The summed E-state index contributed by atoms with van der Waals surface area (Å²) in [5.41, 5.74) is 10.1. The molecule has 2 unspecified atom stereocenters. The molecule has 172 valence electrons. The molecule has 0 N–H and O–H groups in total. The molecule has 33 heavy (non-hydrogen) atoms. The van der Waals surface area contributed by atoms with Crippen LogP contribution in [0, 0.1) is 17.2 Å². The second-order valence-corrected chi connectivity index (χ2v) is 7.34. The van der Waals surface area contributed by atoms with Crippen LogP contribution in [-0.2, 0) is 19.1 Å². The Kier molecular flexibility index (Phi) is 8.02. The van der Waals surface area contributed by atoms with E-state index in [4.69, 9.17) is 29.7 Å². The summed E-state index contributed by atoms with van der Waals surface area (Å²) < 4.78 is 21.8. The summed E-state index contributed by atoms with van der Waals surface area (Å²) in [6, 6.07) is 7.17. The Morgan fingerprint density at radius 2 is 2.12 bits per heavy atom. The molecule has 2 heterocycles. The number of ketones is 1. The molecule has 0 fully saturated rings. The van der Waals surface area contributed by atoms with Crippen LogP contribution in [0.1, 0.15) is 31.7 Å². The number of hydrogen-bond acceptors (Lipinski definition) is 9. The van der Waals surface area contributed by atoms with Crippen LogP contribution in [0.3, 0.4) is 0 Å². The summed E-state index contributed by atoms with van der Waals surface area (Å²) in [7, 11) is 0. The van der Waals surface area contributed by atoms with Crippen molar-refractivity contribution in [3.63, 3.8) is 0 Å². The average molecular weight is 453 g/mol. The van der Waals surface area contributed by atoms with Crippen LogP contribution < -0.4 is 9.47 Å². The molecule has 0 aromatic heterocycles. The van der Waals surface area contributed by atoms with Crippen LogP contribution in [0.25, 0.3) is 10.4 Å². The van der Waals surface area contributed by atoms with Crippen LogP contribution in [0.2, 0.25) is 0 Å². The standard InChI is InChI=1S/C22H23N5O6/c1-13-19(14(2)28)20(15-4-5-17-18(10-15)33-12-32-17)21(22(29)31-8-3-6-23)16(26-13)11-30-9-7-25-27-24/h4-5,10,19-20H,3,7-9,11-12H2,1-2H3. The van der Waals surface area contributed by atoms with E-state index in [1.807, 2.05) is 6.07 Å². The fourth-order valence-electron chi connectivity index (χ4n) is 3.87. The van der Waals surface area contributed by atoms with Crippen LogP contribution in [0.15, 0.2) is 39.6 Å². The Morgan fingerprint density at radius 3 is 2.85 bits per heavy atom. The third kappa shape index (κ3) is 5.49. The lowest BCUT2D eigenvalue weighted by Gasteiger charge is -2.32. The van der Waals surface area contributed by atoms with E-state index < -0.39 is 17.8 Å². The van der Waals surface area contributed by atoms with Gasteiger partial charge in [0.15, 0.2) is 11.5 Å². The molecular formula is C22H23N5O6. The third-order valence-electron chi connectivity index (χ3n) is 5.21. The number of aliphatic imine (C=N–C) groups is 1. The van der Waals surface area contributed by atoms with Crippen LogP contribution in [-0.4, -0.2) is 50.6 Å². The zero-order valence-corrected chi connectivity index (χ0v) is 18.3. The number of Topliss-reactive ketones (excluding diaryl/α,β-unsaturated/α-hetero) is 1. The van der Waals surface area contributed by atoms with Crippen LogP contribution >= 0.6 is 0 Å². The number of esters is 1. The summed E-state index contributed by atoms with van der Waals surface area (Å²) in [6.45, 7) is 3.37. The Hall–Kier alpha value is -3.87. The molecule has 0 bridgehead atoms. The van der Waals surface area contributed by atoms with Gasteiger partial charge in [-0.2, -0.15) is 5.26 Å². The van der Waals surface area contributed by atoms with Gasteiger partial charge in [0.2, 0.25) is 6.79 Å². The van der Waals surface area contributed by atoms with Crippen molar-refractivity contribution in [2.45, 2.75) is 26.2 Å². The molecule has 1 aromatic rings. The van der Waals surface area contributed by atoms with Crippen molar-refractivity contribution in [3.05, 3.63) is 45.5 Å². The fourth-order valence-corrected chi connectivity index (χ4v) is 3.87. The molecular weight excluding hydrogens is 430 g/mol. The normalized spacial score (nSPS) is 18.8. The highest BCUT2D eigenvalue weighted by atomic mass is 16.7. The molecule has 0 radical (unpaired) electrons. The van der Waals surface area contributed by atoms with Gasteiger partial charge in [-0.1, -0.05) is 11.2 Å². The zero-order valence-electron chi connectivity index (χ0n) is 18.3. The Bertz CT molecular complexity index is 1080. The maximum Gasteiger partial charge on any atom is 0.336 e. The second-order valence-electron chi connectivity index (χ2n) is 7.34. The average Bonchev–Trinajstić information content (AvgIpc) is 3.26. The number of rotatable bonds is 10. The molecule has 1 aromatic carbocycles. The van der Waals surface area contributed by atoms with Crippen LogP contribution in [0.4, 0.5) is 0 Å². The van der Waals surface area contributed by atoms with Crippen LogP contribution in [0.5, 0.6) is 11.5 Å². The quantitative estimate of drug-likeness (QED) is 0.173. The van der Waals surface area contributed by atoms with Gasteiger partial charge < -0.3 is 18.9 Å². The maximum absolute atomic E-state index is 13.2. The minimum atomic E-state index is -0.698. The number of nitriles is 1. The Morgan fingerprint density at radius 1 is 1.33 bits per heavy atom. The smallest absolute Gasteiger partial charge is 0.336 e. The summed E-state index contributed by atoms with van der Waals surface area (Å²) >= 11 is 0. The van der Waals surface area contributed by atoms with E-state index in [9.17, 15) is 9.59 Å². The van der Waals surface area contributed by atoms with Crippen molar-refractivity contribution >= 4 is 17.5 Å². The van der Waals surface area contributed by atoms with Gasteiger partial charge in [-0.05, 0) is 37.1 Å². The number of nitrogens with zero attached hydrogens (tertiary/aromatic N) is 5. The van der Waals surface area contributed by atoms with Crippen molar-refractivity contribution in [3.8, 4) is 17.6 Å². The molecule has 2 aliphatic heterocycles. The van der Waals surface area contributed by atoms with Gasteiger partial charge in [-0.25, -0.2) is 4.79 Å². The van der Waals surface area contributed by atoms with Crippen molar-refractivity contribution in [2.24, 2.45) is 16.0 Å². The van der Waals surface area contributed by atoms with E-state index >= 15 is 0 Å². The van der Waals surface area contributed by atoms with Gasteiger partial charge in [0.1, 0.15) is 12.4 Å². The fraction of sp³-hybridized carbons (Fsp3) is 0.455. The first-order chi connectivity index (χ1) is 16.0. The Balaban J connectivity index is 2.05. The first-order valence-electron chi connectivity index (χ1n) is 10.3. The molecule has 2 aliphatic rings. The predicted molar refractivity (Wildman–Crippen MR) is 116 cm³/mol. The van der Waals surface area contributed by atoms with E-state index in [1.54, 1.807) is 25.1 Å².